The zero-order chi connectivity index (χ0) is 28.2. The number of aryl methyl sites for hydroxylation is 2. The van der Waals surface area contributed by atoms with Gasteiger partial charge in [0.05, 0.1) is 0 Å². The monoisotopic (exact) mass is 651 g/mol. The fraction of sp³-hybridized carbons (Fsp3) is 0.0811. The van der Waals surface area contributed by atoms with Crippen LogP contribution in [0.25, 0.3) is 32.8 Å². The van der Waals surface area contributed by atoms with E-state index < -0.39 is 0 Å². The van der Waals surface area contributed by atoms with Crippen LogP contribution >= 0.6 is 11.3 Å². The molecule has 5 heteroatoms. The molecule has 1 aliphatic heterocycles. The number of fused-ring (bicyclic) bond motifs is 1. The summed E-state index contributed by atoms with van der Waals surface area (Å²) in [6.45, 7) is 6.51. The van der Waals surface area contributed by atoms with Crippen molar-refractivity contribution in [3.8, 4) is 32.8 Å². The molecule has 0 saturated carbocycles. The SMILES string of the molecule is Cc1cc(-c2ccccc2)cc(C)c1-c1c[c-]c(N2[CH-]N(C)c3ccccc32)cc1.[Rh+3].[c-]1ccccc1-c1nccs1. The van der Waals surface area contributed by atoms with Crippen LogP contribution in [0, 0.1) is 32.6 Å². The summed E-state index contributed by atoms with van der Waals surface area (Å²) < 4.78 is 0. The summed E-state index contributed by atoms with van der Waals surface area (Å²) in [7, 11) is 2.08. The summed E-state index contributed by atoms with van der Waals surface area (Å²) in [4.78, 5) is 8.51. The van der Waals surface area contributed by atoms with Gasteiger partial charge in [0, 0.05) is 28.0 Å². The predicted octanol–water partition coefficient (Wildman–Crippen LogP) is 9.75. The van der Waals surface area contributed by atoms with E-state index in [2.05, 4.69) is 139 Å². The number of thiazole rings is 1. The van der Waals surface area contributed by atoms with E-state index >= 15 is 0 Å². The van der Waals surface area contributed by atoms with Gasteiger partial charge in [-0.2, -0.15) is 36.2 Å². The number of anilines is 3. The summed E-state index contributed by atoms with van der Waals surface area (Å²) in [5.74, 6) is 0. The Balaban J connectivity index is 0.000000247. The molecular weight excluding hydrogens is 621 g/mol. The van der Waals surface area contributed by atoms with Gasteiger partial charge in [0.1, 0.15) is 0 Å². The van der Waals surface area contributed by atoms with Crippen LogP contribution in [0.5, 0.6) is 0 Å². The first-order chi connectivity index (χ1) is 20.1. The van der Waals surface area contributed by atoms with Crippen LogP contribution in [0.2, 0.25) is 0 Å². The summed E-state index contributed by atoms with van der Waals surface area (Å²) in [6, 6.07) is 44.5. The quantitative estimate of drug-likeness (QED) is 0.140. The molecule has 1 aromatic heterocycles. The van der Waals surface area contributed by atoms with E-state index in [9.17, 15) is 0 Å². The van der Waals surface area contributed by atoms with E-state index in [0.29, 0.717) is 0 Å². The molecule has 0 aliphatic carbocycles. The molecule has 0 N–H and O–H groups in total. The second-order valence-electron chi connectivity index (χ2n) is 10.0. The Morgan fingerprint density at radius 1 is 0.738 bits per heavy atom. The van der Waals surface area contributed by atoms with E-state index in [4.69, 9.17) is 0 Å². The maximum atomic E-state index is 4.17. The summed E-state index contributed by atoms with van der Waals surface area (Å²) in [5.41, 5.74) is 12.1. The molecular formula is C37H30N3RhS. The smallest absolute Gasteiger partial charge is 0.504 e. The normalized spacial score (nSPS) is 11.8. The number of benzene rings is 5. The van der Waals surface area contributed by atoms with Crippen LogP contribution < -0.4 is 9.80 Å². The van der Waals surface area contributed by atoms with Gasteiger partial charge in [-0.25, -0.2) is 0 Å². The molecule has 42 heavy (non-hydrogen) atoms. The van der Waals surface area contributed by atoms with Gasteiger partial charge >= 0.3 is 19.5 Å². The minimum Gasteiger partial charge on any atom is -0.504 e. The van der Waals surface area contributed by atoms with Crippen molar-refractivity contribution in [1.82, 2.24) is 4.98 Å². The Kier molecular flexibility index (Phi) is 9.32. The van der Waals surface area contributed by atoms with E-state index in [1.807, 2.05) is 29.6 Å². The zero-order valence-electron chi connectivity index (χ0n) is 23.7. The third-order valence-electron chi connectivity index (χ3n) is 7.17. The van der Waals surface area contributed by atoms with E-state index in [-0.39, 0.29) is 19.5 Å². The van der Waals surface area contributed by atoms with Crippen LogP contribution in [-0.4, -0.2) is 12.0 Å². The molecule has 7 rings (SSSR count). The van der Waals surface area contributed by atoms with Gasteiger partial charge < -0.3 is 9.80 Å². The molecule has 0 bridgehead atoms. The maximum Gasteiger partial charge on any atom is 3.00 e. The fourth-order valence-corrected chi connectivity index (χ4v) is 5.90. The largest absolute Gasteiger partial charge is 3.00 e. The van der Waals surface area contributed by atoms with Gasteiger partial charge in [-0.3, -0.25) is 4.98 Å². The molecule has 0 atom stereocenters. The van der Waals surface area contributed by atoms with Gasteiger partial charge in [-0.15, -0.1) is 53.2 Å². The minimum absolute atomic E-state index is 0. The van der Waals surface area contributed by atoms with Crippen molar-refractivity contribution in [2.24, 2.45) is 0 Å². The van der Waals surface area contributed by atoms with Gasteiger partial charge in [0.2, 0.25) is 0 Å². The van der Waals surface area contributed by atoms with E-state index in [1.165, 1.54) is 44.8 Å². The van der Waals surface area contributed by atoms with Crippen LogP contribution in [0.1, 0.15) is 11.1 Å². The Morgan fingerprint density at radius 3 is 2.10 bits per heavy atom. The Labute approximate surface area is 265 Å². The first kappa shape index (κ1) is 29.4. The second-order valence-corrected chi connectivity index (χ2v) is 10.9. The van der Waals surface area contributed by atoms with Crippen LogP contribution in [0.4, 0.5) is 17.1 Å². The first-order valence-electron chi connectivity index (χ1n) is 13.6. The second kappa shape index (κ2) is 13.3. The molecule has 0 amide bonds. The fourth-order valence-electron chi connectivity index (χ4n) is 5.28. The Hall–Kier alpha value is -4.05. The molecule has 0 unspecified atom stereocenters. The van der Waals surface area contributed by atoms with Crippen molar-refractivity contribution in [1.29, 1.82) is 0 Å². The van der Waals surface area contributed by atoms with Crippen molar-refractivity contribution in [2.45, 2.75) is 13.8 Å². The van der Waals surface area contributed by atoms with Crippen LogP contribution in [0.3, 0.4) is 0 Å². The van der Waals surface area contributed by atoms with E-state index in [0.717, 1.165) is 16.3 Å². The summed E-state index contributed by atoms with van der Waals surface area (Å²) in [6.07, 6.45) is 1.81. The third-order valence-corrected chi connectivity index (χ3v) is 7.97. The minimum atomic E-state index is 0. The average Bonchev–Trinajstić information content (AvgIpc) is 3.67. The maximum absolute atomic E-state index is 4.17. The van der Waals surface area contributed by atoms with Crippen molar-refractivity contribution in [2.75, 3.05) is 16.8 Å². The van der Waals surface area contributed by atoms with Crippen molar-refractivity contribution in [3.05, 3.63) is 151 Å². The molecule has 5 aromatic carbocycles. The molecule has 0 radical (unpaired) electrons. The standard InChI is InChI=1S/C28H24N2.C9H6NS.Rh/c1-20-17-24(22-9-5-4-6-10-22)18-21(2)28(20)23-13-15-25(16-14-23)30-19-29(3)26-11-7-8-12-27(26)30;1-2-4-8(5-3-1)9-10-6-7-11-9;/h4-15,17-19H,1-3H3;1-4,6-7H;/q-2;-1;+3. The molecule has 0 saturated heterocycles. The average molecular weight is 652 g/mol. The number of rotatable bonds is 4. The predicted molar refractivity (Wildman–Crippen MR) is 173 cm³/mol. The molecule has 6 aromatic rings. The number of hydrogen-bond acceptors (Lipinski definition) is 4. The van der Waals surface area contributed by atoms with Crippen molar-refractivity contribution < 1.29 is 19.5 Å². The number of nitrogens with zero attached hydrogens (tertiary/aromatic N) is 3. The first-order valence-corrected chi connectivity index (χ1v) is 14.5. The van der Waals surface area contributed by atoms with Gasteiger partial charge in [0.25, 0.3) is 0 Å². The third kappa shape index (κ3) is 6.23. The summed E-state index contributed by atoms with van der Waals surface area (Å²) in [5, 5.41) is 3.00. The molecule has 0 spiro atoms. The zero-order valence-corrected chi connectivity index (χ0v) is 26.2. The molecule has 2 heterocycles. The van der Waals surface area contributed by atoms with Crippen LogP contribution in [-0.2, 0) is 19.5 Å². The number of hydrogen-bond donors (Lipinski definition) is 0. The van der Waals surface area contributed by atoms with Gasteiger partial charge in [0.15, 0.2) is 0 Å². The van der Waals surface area contributed by atoms with Crippen molar-refractivity contribution in [3.63, 3.8) is 0 Å². The molecule has 208 valence electrons. The van der Waals surface area contributed by atoms with Gasteiger partial charge in [-0.05, 0) is 44.2 Å². The molecule has 0 fully saturated rings. The topological polar surface area (TPSA) is 19.4 Å². The van der Waals surface area contributed by atoms with Crippen LogP contribution in [0.15, 0.2) is 121 Å². The number of aromatic nitrogens is 1. The Morgan fingerprint density at radius 2 is 1.45 bits per heavy atom. The molecule has 1 aliphatic rings. The van der Waals surface area contributed by atoms with E-state index in [1.54, 1.807) is 17.5 Å². The van der Waals surface area contributed by atoms with Crippen molar-refractivity contribution >= 4 is 28.4 Å². The number of para-hydroxylation sites is 2. The Bertz CT molecular complexity index is 1710. The van der Waals surface area contributed by atoms with Gasteiger partial charge in [-0.1, -0.05) is 71.3 Å². The summed E-state index contributed by atoms with van der Waals surface area (Å²) >= 11 is 1.63. The molecule has 3 nitrogen and oxygen atoms in total.